The second kappa shape index (κ2) is 7.90. The van der Waals surface area contributed by atoms with Crippen LogP contribution in [0.3, 0.4) is 0 Å². The molecule has 0 aromatic heterocycles. The quantitative estimate of drug-likeness (QED) is 0.890. The van der Waals surface area contributed by atoms with Crippen LogP contribution in [0.1, 0.15) is 18.4 Å². The number of hydrogen-bond acceptors (Lipinski definition) is 4. The number of piperidine rings is 1. The molecule has 2 aliphatic heterocycles. The smallest absolute Gasteiger partial charge is 0.0608 e. The minimum Gasteiger partial charge on any atom is -0.379 e. The SMILES string of the molecule is c1ccc(CCN2CCC(NN3CCOCC3)CC2)cc1. The van der Waals surface area contributed by atoms with Gasteiger partial charge in [-0.05, 0) is 37.9 Å². The number of nitrogens with one attached hydrogen (secondary N) is 1. The van der Waals surface area contributed by atoms with E-state index in [1.165, 1.54) is 44.5 Å². The second-order valence-corrected chi connectivity index (χ2v) is 6.08. The minimum atomic E-state index is 0.649. The number of benzene rings is 1. The Labute approximate surface area is 128 Å². The van der Waals surface area contributed by atoms with Crippen LogP contribution < -0.4 is 5.43 Å². The van der Waals surface area contributed by atoms with Crippen molar-refractivity contribution in [3.63, 3.8) is 0 Å². The largest absolute Gasteiger partial charge is 0.379 e. The number of morpholine rings is 1. The zero-order valence-corrected chi connectivity index (χ0v) is 12.8. The molecule has 3 rings (SSSR count). The summed E-state index contributed by atoms with van der Waals surface area (Å²) in [5, 5.41) is 2.34. The molecule has 1 N–H and O–H groups in total. The van der Waals surface area contributed by atoms with Gasteiger partial charge in [0, 0.05) is 25.7 Å². The van der Waals surface area contributed by atoms with Crippen LogP contribution >= 0.6 is 0 Å². The lowest BCUT2D eigenvalue weighted by atomic mass is 10.0. The molecule has 21 heavy (non-hydrogen) atoms. The maximum atomic E-state index is 5.39. The summed E-state index contributed by atoms with van der Waals surface area (Å²) in [6.07, 6.45) is 3.68. The first-order valence-corrected chi connectivity index (χ1v) is 8.25. The topological polar surface area (TPSA) is 27.7 Å². The van der Waals surface area contributed by atoms with E-state index in [0.29, 0.717) is 6.04 Å². The number of ether oxygens (including phenoxy) is 1. The average molecular weight is 289 g/mol. The fourth-order valence-electron chi connectivity index (χ4n) is 3.17. The molecule has 2 saturated heterocycles. The third-order valence-corrected chi connectivity index (χ3v) is 4.52. The first-order valence-electron chi connectivity index (χ1n) is 8.25. The highest BCUT2D eigenvalue weighted by molar-refractivity contribution is 5.14. The first kappa shape index (κ1) is 15.0. The monoisotopic (exact) mass is 289 g/mol. The molecule has 1 aromatic carbocycles. The Kier molecular flexibility index (Phi) is 5.63. The van der Waals surface area contributed by atoms with Gasteiger partial charge in [0.15, 0.2) is 0 Å². The molecule has 0 spiro atoms. The van der Waals surface area contributed by atoms with E-state index >= 15 is 0 Å². The summed E-state index contributed by atoms with van der Waals surface area (Å²) in [4.78, 5) is 2.60. The summed E-state index contributed by atoms with van der Waals surface area (Å²) in [5.74, 6) is 0. The van der Waals surface area contributed by atoms with E-state index in [4.69, 9.17) is 4.74 Å². The van der Waals surface area contributed by atoms with E-state index in [-0.39, 0.29) is 0 Å². The second-order valence-electron chi connectivity index (χ2n) is 6.08. The third kappa shape index (κ3) is 4.78. The lowest BCUT2D eigenvalue weighted by Gasteiger charge is -2.37. The minimum absolute atomic E-state index is 0.649. The van der Waals surface area contributed by atoms with Crippen LogP contribution in [0.2, 0.25) is 0 Å². The van der Waals surface area contributed by atoms with Crippen LogP contribution in [-0.4, -0.2) is 61.9 Å². The van der Waals surface area contributed by atoms with Gasteiger partial charge in [0.2, 0.25) is 0 Å². The Bertz CT molecular complexity index is 398. The van der Waals surface area contributed by atoms with Gasteiger partial charge in [-0.15, -0.1) is 0 Å². The molecule has 0 atom stereocenters. The van der Waals surface area contributed by atoms with Gasteiger partial charge >= 0.3 is 0 Å². The Morgan fingerprint density at radius 1 is 1.00 bits per heavy atom. The van der Waals surface area contributed by atoms with Gasteiger partial charge in [0.05, 0.1) is 13.2 Å². The molecule has 0 radical (unpaired) electrons. The summed E-state index contributed by atoms with van der Waals surface area (Å²) in [7, 11) is 0. The Balaban J connectivity index is 1.35. The lowest BCUT2D eigenvalue weighted by molar-refractivity contribution is -0.00269. The number of nitrogens with zero attached hydrogens (tertiary/aromatic N) is 2. The number of rotatable bonds is 5. The van der Waals surface area contributed by atoms with Crippen molar-refractivity contribution in [1.29, 1.82) is 0 Å². The van der Waals surface area contributed by atoms with Crippen molar-refractivity contribution in [2.24, 2.45) is 0 Å². The highest BCUT2D eigenvalue weighted by Gasteiger charge is 2.21. The van der Waals surface area contributed by atoms with Gasteiger partial charge in [-0.3, -0.25) is 5.43 Å². The summed E-state index contributed by atoms with van der Waals surface area (Å²) in [6.45, 7) is 7.40. The van der Waals surface area contributed by atoms with E-state index in [9.17, 15) is 0 Å². The van der Waals surface area contributed by atoms with Crippen molar-refractivity contribution in [1.82, 2.24) is 15.3 Å². The Hall–Kier alpha value is -0.940. The average Bonchev–Trinajstić information content (AvgIpc) is 2.56. The summed E-state index contributed by atoms with van der Waals surface area (Å²) in [5.41, 5.74) is 5.13. The molecule has 2 aliphatic rings. The normalized spacial score (nSPS) is 22.5. The molecule has 0 aliphatic carbocycles. The third-order valence-electron chi connectivity index (χ3n) is 4.52. The fourth-order valence-corrected chi connectivity index (χ4v) is 3.17. The maximum absolute atomic E-state index is 5.39. The van der Waals surface area contributed by atoms with Gasteiger partial charge in [-0.2, -0.15) is 0 Å². The molecule has 0 unspecified atom stereocenters. The van der Waals surface area contributed by atoms with E-state index in [0.717, 1.165) is 26.3 Å². The van der Waals surface area contributed by atoms with Crippen LogP contribution in [0.25, 0.3) is 0 Å². The first-order chi connectivity index (χ1) is 10.4. The van der Waals surface area contributed by atoms with Crippen LogP contribution in [0.4, 0.5) is 0 Å². The highest BCUT2D eigenvalue weighted by atomic mass is 16.5. The summed E-state index contributed by atoms with van der Waals surface area (Å²) >= 11 is 0. The molecule has 0 amide bonds. The Morgan fingerprint density at radius 3 is 2.43 bits per heavy atom. The summed E-state index contributed by atoms with van der Waals surface area (Å²) < 4.78 is 5.39. The predicted octanol–water partition coefficient (Wildman–Crippen LogP) is 1.53. The van der Waals surface area contributed by atoms with Gasteiger partial charge < -0.3 is 9.64 Å². The zero-order chi connectivity index (χ0) is 14.3. The standard InChI is InChI=1S/C17H27N3O/c1-2-4-16(5-3-1)6-9-19-10-7-17(8-11-19)18-20-12-14-21-15-13-20/h1-5,17-18H,6-15H2. The predicted molar refractivity (Wildman–Crippen MR) is 85.1 cm³/mol. The molecule has 4 heteroatoms. The summed E-state index contributed by atoms with van der Waals surface area (Å²) in [6, 6.07) is 11.5. The van der Waals surface area contributed by atoms with Crippen LogP contribution in [0.5, 0.6) is 0 Å². The number of hydrazine groups is 1. The van der Waals surface area contributed by atoms with Crippen molar-refractivity contribution in [2.45, 2.75) is 25.3 Å². The highest BCUT2D eigenvalue weighted by Crippen LogP contribution is 2.12. The van der Waals surface area contributed by atoms with Gasteiger partial charge in [-0.25, -0.2) is 5.01 Å². The molecule has 2 fully saturated rings. The van der Waals surface area contributed by atoms with E-state index < -0.39 is 0 Å². The molecule has 116 valence electrons. The van der Waals surface area contributed by atoms with Gasteiger partial charge in [0.1, 0.15) is 0 Å². The number of hydrogen-bond donors (Lipinski definition) is 1. The van der Waals surface area contributed by atoms with Crippen molar-refractivity contribution < 1.29 is 4.74 Å². The Morgan fingerprint density at radius 2 is 1.71 bits per heavy atom. The van der Waals surface area contributed by atoms with E-state index in [1.54, 1.807) is 0 Å². The van der Waals surface area contributed by atoms with Crippen LogP contribution in [0.15, 0.2) is 30.3 Å². The van der Waals surface area contributed by atoms with Crippen LogP contribution in [-0.2, 0) is 11.2 Å². The van der Waals surface area contributed by atoms with Crippen molar-refractivity contribution in [3.05, 3.63) is 35.9 Å². The van der Waals surface area contributed by atoms with Gasteiger partial charge in [0.25, 0.3) is 0 Å². The maximum Gasteiger partial charge on any atom is 0.0608 e. The van der Waals surface area contributed by atoms with Crippen molar-refractivity contribution in [3.8, 4) is 0 Å². The van der Waals surface area contributed by atoms with Crippen molar-refractivity contribution in [2.75, 3.05) is 45.9 Å². The van der Waals surface area contributed by atoms with E-state index in [2.05, 4.69) is 45.7 Å². The van der Waals surface area contributed by atoms with Gasteiger partial charge in [-0.1, -0.05) is 30.3 Å². The van der Waals surface area contributed by atoms with E-state index in [1.807, 2.05) is 0 Å². The van der Waals surface area contributed by atoms with Crippen molar-refractivity contribution >= 4 is 0 Å². The molecule has 0 bridgehead atoms. The molecular weight excluding hydrogens is 262 g/mol. The fraction of sp³-hybridized carbons (Fsp3) is 0.647. The lowest BCUT2D eigenvalue weighted by Crippen LogP contribution is -2.53. The molecule has 1 aromatic rings. The molecule has 0 saturated carbocycles. The number of likely N-dealkylation sites (tertiary alicyclic amines) is 1. The molecule has 2 heterocycles. The molecule has 4 nitrogen and oxygen atoms in total. The molecular formula is C17H27N3O. The van der Waals surface area contributed by atoms with Crippen LogP contribution in [0, 0.1) is 0 Å². The zero-order valence-electron chi connectivity index (χ0n) is 12.8.